The standard InChI is InChI=1S/C48H31NS2/c1-3-11-32(12-4-1)33-19-21-34(22-20-33)35-23-26-38(27-24-35)49(37-13-5-2-6-14-37)44-31-48-43(40-16-8-10-18-46(40)51-48)30-41(44)36-25-28-47-42(29-36)39-15-7-9-17-45(39)50-47/h1-31H. The molecule has 240 valence electrons. The Kier molecular flexibility index (Phi) is 7.26. The summed E-state index contributed by atoms with van der Waals surface area (Å²) in [5.74, 6) is 0. The molecule has 2 heterocycles. The monoisotopic (exact) mass is 685 g/mol. The highest BCUT2D eigenvalue weighted by atomic mass is 32.1. The topological polar surface area (TPSA) is 3.24 Å². The van der Waals surface area contributed by atoms with Gasteiger partial charge in [0.15, 0.2) is 0 Å². The van der Waals surface area contributed by atoms with Crippen molar-refractivity contribution in [2.75, 3.05) is 4.90 Å². The zero-order chi connectivity index (χ0) is 33.7. The highest BCUT2D eigenvalue weighted by Crippen LogP contribution is 2.47. The Bertz CT molecular complexity index is 2830. The van der Waals surface area contributed by atoms with Gasteiger partial charge < -0.3 is 4.90 Å². The second kappa shape index (κ2) is 12.4. The maximum atomic E-state index is 2.43. The second-order valence-electron chi connectivity index (χ2n) is 12.9. The fourth-order valence-electron chi connectivity index (χ4n) is 7.36. The van der Waals surface area contributed by atoms with E-state index >= 15 is 0 Å². The lowest BCUT2D eigenvalue weighted by molar-refractivity contribution is 1.29. The minimum Gasteiger partial charge on any atom is -0.310 e. The summed E-state index contributed by atoms with van der Waals surface area (Å²) in [5, 5.41) is 5.23. The fourth-order valence-corrected chi connectivity index (χ4v) is 9.57. The van der Waals surface area contributed by atoms with Crippen LogP contribution in [0.1, 0.15) is 0 Å². The van der Waals surface area contributed by atoms with Crippen LogP contribution >= 0.6 is 22.7 Å². The Morgan fingerprint density at radius 2 is 0.745 bits per heavy atom. The van der Waals surface area contributed by atoms with Crippen molar-refractivity contribution >= 4 is 80.1 Å². The molecule has 0 amide bonds. The zero-order valence-electron chi connectivity index (χ0n) is 27.7. The smallest absolute Gasteiger partial charge is 0.0554 e. The van der Waals surface area contributed by atoms with Crippen molar-refractivity contribution in [1.82, 2.24) is 0 Å². The molecule has 10 rings (SSSR count). The predicted octanol–water partition coefficient (Wildman–Crippen LogP) is 14.9. The third-order valence-electron chi connectivity index (χ3n) is 9.89. The van der Waals surface area contributed by atoms with Crippen molar-refractivity contribution in [1.29, 1.82) is 0 Å². The molecule has 0 atom stereocenters. The van der Waals surface area contributed by atoms with Gasteiger partial charge in [0.2, 0.25) is 0 Å². The molecule has 0 radical (unpaired) electrons. The van der Waals surface area contributed by atoms with Crippen molar-refractivity contribution in [3.63, 3.8) is 0 Å². The maximum Gasteiger partial charge on any atom is 0.0554 e. The van der Waals surface area contributed by atoms with Crippen LogP contribution in [0.5, 0.6) is 0 Å². The number of para-hydroxylation sites is 1. The first-order chi connectivity index (χ1) is 25.3. The summed E-state index contributed by atoms with van der Waals surface area (Å²) in [6, 6.07) is 68.7. The molecule has 8 aromatic carbocycles. The highest BCUT2D eigenvalue weighted by Gasteiger charge is 2.21. The van der Waals surface area contributed by atoms with Crippen molar-refractivity contribution in [2.45, 2.75) is 0 Å². The van der Waals surface area contributed by atoms with E-state index in [2.05, 4.69) is 193 Å². The first kappa shape index (κ1) is 29.9. The summed E-state index contributed by atoms with van der Waals surface area (Å²) in [5.41, 5.74) is 10.7. The number of hydrogen-bond acceptors (Lipinski definition) is 3. The average molecular weight is 686 g/mol. The van der Waals surface area contributed by atoms with Gasteiger partial charge in [-0.05, 0) is 88.5 Å². The molecule has 0 saturated carbocycles. The van der Waals surface area contributed by atoms with E-state index in [9.17, 15) is 0 Å². The number of rotatable bonds is 6. The van der Waals surface area contributed by atoms with Gasteiger partial charge in [0.1, 0.15) is 0 Å². The van der Waals surface area contributed by atoms with E-state index in [1.807, 2.05) is 22.7 Å². The number of fused-ring (bicyclic) bond motifs is 6. The molecule has 10 aromatic rings. The van der Waals surface area contributed by atoms with Crippen LogP contribution in [0.25, 0.3) is 73.7 Å². The number of benzene rings is 8. The van der Waals surface area contributed by atoms with Gasteiger partial charge in [-0.2, -0.15) is 0 Å². The summed E-state index contributed by atoms with van der Waals surface area (Å²) in [4.78, 5) is 2.43. The van der Waals surface area contributed by atoms with Gasteiger partial charge in [0.25, 0.3) is 0 Å². The minimum atomic E-state index is 1.12. The maximum absolute atomic E-state index is 2.43. The molecule has 0 saturated heterocycles. The van der Waals surface area contributed by atoms with Crippen molar-refractivity contribution in [2.24, 2.45) is 0 Å². The first-order valence-electron chi connectivity index (χ1n) is 17.2. The van der Waals surface area contributed by atoms with E-state index in [-0.39, 0.29) is 0 Å². The summed E-state index contributed by atoms with van der Waals surface area (Å²) in [6.07, 6.45) is 0. The van der Waals surface area contributed by atoms with Crippen LogP contribution in [0, 0.1) is 0 Å². The van der Waals surface area contributed by atoms with E-state index in [4.69, 9.17) is 0 Å². The molecule has 1 nitrogen and oxygen atoms in total. The Balaban J connectivity index is 1.15. The Labute approximate surface area is 304 Å². The van der Waals surface area contributed by atoms with Gasteiger partial charge in [-0.3, -0.25) is 0 Å². The molecule has 0 aliphatic rings. The van der Waals surface area contributed by atoms with Crippen LogP contribution < -0.4 is 4.90 Å². The quantitative estimate of drug-likeness (QED) is 0.168. The van der Waals surface area contributed by atoms with Gasteiger partial charge in [0.05, 0.1) is 5.69 Å². The molecule has 51 heavy (non-hydrogen) atoms. The second-order valence-corrected chi connectivity index (χ2v) is 15.1. The molecule has 0 aliphatic heterocycles. The van der Waals surface area contributed by atoms with E-state index in [0.29, 0.717) is 0 Å². The lowest BCUT2D eigenvalue weighted by Crippen LogP contribution is -2.11. The summed E-state index contributed by atoms with van der Waals surface area (Å²) >= 11 is 3.73. The van der Waals surface area contributed by atoms with E-state index in [1.54, 1.807) is 0 Å². The predicted molar refractivity (Wildman–Crippen MR) is 223 cm³/mol. The minimum absolute atomic E-state index is 1.12. The molecule has 2 aromatic heterocycles. The molecule has 0 aliphatic carbocycles. The molecule has 0 N–H and O–H groups in total. The van der Waals surface area contributed by atoms with Crippen LogP contribution in [0.2, 0.25) is 0 Å². The lowest BCUT2D eigenvalue weighted by Gasteiger charge is -2.28. The number of anilines is 3. The molecule has 0 bridgehead atoms. The SMILES string of the molecule is c1ccc(-c2ccc(-c3ccc(N(c4ccccc4)c4cc5sc6ccccc6c5cc4-c4ccc5sc6ccccc6c5c4)cc3)cc2)cc1. The molecular weight excluding hydrogens is 655 g/mol. The van der Waals surface area contributed by atoms with Crippen LogP contribution in [0.15, 0.2) is 188 Å². The van der Waals surface area contributed by atoms with Crippen molar-refractivity contribution in [3.05, 3.63) is 188 Å². The zero-order valence-corrected chi connectivity index (χ0v) is 29.3. The van der Waals surface area contributed by atoms with Gasteiger partial charge >= 0.3 is 0 Å². The normalized spacial score (nSPS) is 11.5. The largest absolute Gasteiger partial charge is 0.310 e. The van der Waals surface area contributed by atoms with Gasteiger partial charge in [-0.1, -0.05) is 127 Å². The molecule has 0 spiro atoms. The number of nitrogens with zero attached hydrogens (tertiary/aromatic N) is 1. The summed E-state index contributed by atoms with van der Waals surface area (Å²) in [6.45, 7) is 0. The Morgan fingerprint density at radius 3 is 1.39 bits per heavy atom. The van der Waals surface area contributed by atoms with Crippen LogP contribution in [0.3, 0.4) is 0 Å². The lowest BCUT2D eigenvalue weighted by atomic mass is 9.97. The van der Waals surface area contributed by atoms with Gasteiger partial charge in [-0.25, -0.2) is 0 Å². The third kappa shape index (κ3) is 5.30. The Morgan fingerprint density at radius 1 is 0.294 bits per heavy atom. The van der Waals surface area contributed by atoms with Crippen LogP contribution in [-0.4, -0.2) is 0 Å². The van der Waals surface area contributed by atoms with Crippen LogP contribution in [0.4, 0.5) is 17.1 Å². The van der Waals surface area contributed by atoms with E-state index < -0.39 is 0 Å². The summed E-state index contributed by atoms with van der Waals surface area (Å²) in [7, 11) is 0. The Hall–Kier alpha value is -6.00. The highest BCUT2D eigenvalue weighted by molar-refractivity contribution is 7.26. The summed E-state index contributed by atoms with van der Waals surface area (Å²) < 4.78 is 5.23. The number of hydrogen-bond donors (Lipinski definition) is 0. The molecule has 0 unspecified atom stereocenters. The van der Waals surface area contributed by atoms with Gasteiger partial charge in [-0.15, -0.1) is 22.7 Å². The van der Waals surface area contributed by atoms with Crippen molar-refractivity contribution in [3.8, 4) is 33.4 Å². The molecular formula is C48H31NS2. The van der Waals surface area contributed by atoms with Gasteiger partial charge in [0, 0.05) is 57.3 Å². The van der Waals surface area contributed by atoms with Crippen LogP contribution in [-0.2, 0) is 0 Å². The molecule has 3 heteroatoms. The van der Waals surface area contributed by atoms with E-state index in [0.717, 1.165) is 11.4 Å². The van der Waals surface area contributed by atoms with E-state index in [1.165, 1.54) is 79.4 Å². The van der Waals surface area contributed by atoms with Crippen molar-refractivity contribution < 1.29 is 0 Å². The molecule has 0 fully saturated rings. The first-order valence-corrected chi connectivity index (χ1v) is 18.9. The third-order valence-corrected chi connectivity index (χ3v) is 12.2. The average Bonchev–Trinajstić information content (AvgIpc) is 3.76. The number of thiophene rings is 2. The fraction of sp³-hybridized carbons (Fsp3) is 0.